The number of benzene rings is 2. The first-order valence-corrected chi connectivity index (χ1v) is 10.8. The molecule has 1 aliphatic heterocycles. The highest BCUT2D eigenvalue weighted by Gasteiger charge is 2.45. The third-order valence-electron chi connectivity index (χ3n) is 5.18. The van der Waals surface area contributed by atoms with Gasteiger partial charge in [-0.3, -0.25) is 14.5 Å². The van der Waals surface area contributed by atoms with Gasteiger partial charge in [0.1, 0.15) is 11.6 Å². The van der Waals surface area contributed by atoms with Crippen LogP contribution >= 0.6 is 22.9 Å². The first-order chi connectivity index (χ1) is 15.2. The van der Waals surface area contributed by atoms with Gasteiger partial charge >= 0.3 is 0 Å². The van der Waals surface area contributed by atoms with Gasteiger partial charge in [-0.05, 0) is 49.7 Å². The number of aliphatic hydroxyl groups is 1. The van der Waals surface area contributed by atoms with Crippen molar-refractivity contribution in [2.75, 3.05) is 12.0 Å². The summed E-state index contributed by atoms with van der Waals surface area (Å²) >= 11 is 7.14. The lowest BCUT2D eigenvalue weighted by Gasteiger charge is -2.27. The number of Topliss-reactive ketones (excluding diaryl/α,β-unsaturated/α-hetero) is 1. The van der Waals surface area contributed by atoms with Crippen molar-refractivity contribution in [3.63, 3.8) is 0 Å². The zero-order valence-corrected chi connectivity index (χ0v) is 18.9. The Morgan fingerprint density at radius 2 is 1.91 bits per heavy atom. The quantitative estimate of drug-likeness (QED) is 0.507. The SMILES string of the molecule is COc1ccc(C2C(C(=O)c3sc(C)nc3C)=C(O)C(=O)N2c2ccc(F)c(Cl)c2)cc1. The average Bonchev–Trinajstić information content (AvgIpc) is 3.25. The van der Waals surface area contributed by atoms with Gasteiger partial charge < -0.3 is 9.84 Å². The van der Waals surface area contributed by atoms with Crippen LogP contribution in [0.25, 0.3) is 0 Å². The molecule has 2 heterocycles. The van der Waals surface area contributed by atoms with Crippen molar-refractivity contribution < 1.29 is 23.8 Å². The van der Waals surface area contributed by atoms with Crippen molar-refractivity contribution in [1.29, 1.82) is 0 Å². The minimum Gasteiger partial charge on any atom is -0.503 e. The number of anilines is 1. The first kappa shape index (κ1) is 22.0. The minimum absolute atomic E-state index is 0.0765. The number of hydrogen-bond donors (Lipinski definition) is 1. The number of hydrogen-bond acceptors (Lipinski definition) is 6. The predicted molar refractivity (Wildman–Crippen MR) is 120 cm³/mol. The highest BCUT2D eigenvalue weighted by Crippen LogP contribution is 2.43. The molecule has 2 aromatic carbocycles. The van der Waals surface area contributed by atoms with Gasteiger partial charge in [-0.1, -0.05) is 23.7 Å². The molecule has 164 valence electrons. The van der Waals surface area contributed by atoms with Gasteiger partial charge in [-0.2, -0.15) is 0 Å². The summed E-state index contributed by atoms with van der Waals surface area (Å²) in [4.78, 5) is 32.5. The summed E-state index contributed by atoms with van der Waals surface area (Å²) in [6.07, 6.45) is 0. The van der Waals surface area contributed by atoms with Crippen molar-refractivity contribution >= 4 is 40.3 Å². The lowest BCUT2D eigenvalue weighted by molar-refractivity contribution is -0.117. The number of halogens is 2. The van der Waals surface area contributed by atoms with Crippen molar-refractivity contribution in [3.8, 4) is 5.75 Å². The number of thiazole rings is 1. The topological polar surface area (TPSA) is 79.7 Å². The second-order valence-corrected chi connectivity index (χ2v) is 8.80. The summed E-state index contributed by atoms with van der Waals surface area (Å²) in [5.41, 5.74) is 1.24. The zero-order valence-electron chi connectivity index (χ0n) is 17.3. The second-order valence-electron chi connectivity index (χ2n) is 7.19. The van der Waals surface area contributed by atoms with E-state index in [-0.39, 0.29) is 16.3 Å². The second kappa shape index (κ2) is 8.37. The molecule has 0 bridgehead atoms. The number of carbonyl (C=O) groups is 2. The maximum absolute atomic E-state index is 13.8. The average molecular weight is 473 g/mol. The number of ether oxygens (including phenoxy) is 1. The Hall–Kier alpha value is -3.23. The Balaban J connectivity index is 1.89. The van der Waals surface area contributed by atoms with E-state index in [1.165, 1.54) is 35.5 Å². The van der Waals surface area contributed by atoms with E-state index in [2.05, 4.69) is 4.98 Å². The van der Waals surface area contributed by atoms with Crippen LogP contribution < -0.4 is 9.64 Å². The van der Waals surface area contributed by atoms with E-state index in [1.807, 2.05) is 0 Å². The normalized spacial score (nSPS) is 16.1. The van der Waals surface area contributed by atoms with E-state index in [0.717, 1.165) is 6.07 Å². The molecule has 1 aromatic heterocycles. The fourth-order valence-electron chi connectivity index (χ4n) is 3.70. The molecule has 9 heteroatoms. The number of methoxy groups -OCH3 is 1. The van der Waals surface area contributed by atoms with Crippen molar-refractivity contribution in [2.45, 2.75) is 19.9 Å². The van der Waals surface area contributed by atoms with Gasteiger partial charge in [-0.25, -0.2) is 9.37 Å². The van der Waals surface area contributed by atoms with E-state index < -0.39 is 29.3 Å². The van der Waals surface area contributed by atoms with Gasteiger partial charge in [0.15, 0.2) is 5.76 Å². The summed E-state index contributed by atoms with van der Waals surface area (Å²) in [6.45, 7) is 3.47. The van der Waals surface area contributed by atoms with Crippen LogP contribution in [0.15, 0.2) is 53.8 Å². The Morgan fingerprint density at radius 1 is 1.22 bits per heavy atom. The third kappa shape index (κ3) is 3.65. The first-order valence-electron chi connectivity index (χ1n) is 9.57. The van der Waals surface area contributed by atoms with Crippen LogP contribution in [-0.4, -0.2) is 28.9 Å². The van der Waals surface area contributed by atoms with Crippen LogP contribution in [0.1, 0.15) is 32.0 Å². The number of amides is 1. The number of aliphatic hydroxyl groups excluding tert-OH is 1. The molecule has 0 saturated heterocycles. The standard InChI is InChI=1S/C23H18ClFN2O4S/c1-11-22(32-12(2)26-11)20(28)18-19(13-4-7-15(31-3)8-5-13)27(23(30)21(18)29)14-6-9-17(25)16(24)10-14/h4-10,19,29H,1-3H3. The van der Waals surface area contributed by atoms with E-state index in [1.54, 1.807) is 38.1 Å². The summed E-state index contributed by atoms with van der Waals surface area (Å²) in [5, 5.41) is 11.3. The van der Waals surface area contributed by atoms with E-state index in [0.29, 0.717) is 26.9 Å². The molecule has 1 amide bonds. The van der Waals surface area contributed by atoms with Crippen LogP contribution in [0, 0.1) is 19.7 Å². The number of ketones is 1. The molecule has 0 spiro atoms. The fourth-order valence-corrected chi connectivity index (χ4v) is 4.75. The molecule has 0 saturated carbocycles. The van der Waals surface area contributed by atoms with Gasteiger partial charge in [0, 0.05) is 5.69 Å². The van der Waals surface area contributed by atoms with Crippen LogP contribution in [0.2, 0.25) is 5.02 Å². The monoisotopic (exact) mass is 472 g/mol. The molecule has 0 radical (unpaired) electrons. The lowest BCUT2D eigenvalue weighted by Crippen LogP contribution is -2.31. The number of aryl methyl sites for hydroxylation is 2. The number of carbonyl (C=O) groups excluding carboxylic acids is 2. The molecule has 4 rings (SSSR count). The number of aromatic nitrogens is 1. The lowest BCUT2D eigenvalue weighted by atomic mass is 9.94. The van der Waals surface area contributed by atoms with E-state index in [9.17, 15) is 19.1 Å². The van der Waals surface area contributed by atoms with E-state index >= 15 is 0 Å². The molecule has 32 heavy (non-hydrogen) atoms. The van der Waals surface area contributed by atoms with Crippen molar-refractivity contribution in [3.05, 3.63) is 85.8 Å². The molecule has 1 atom stereocenters. The van der Waals surface area contributed by atoms with Gasteiger partial charge in [0.2, 0.25) is 5.78 Å². The Morgan fingerprint density at radius 3 is 2.47 bits per heavy atom. The van der Waals surface area contributed by atoms with Gasteiger partial charge in [0.05, 0.1) is 39.3 Å². The van der Waals surface area contributed by atoms with Gasteiger partial charge in [0.25, 0.3) is 5.91 Å². The summed E-state index contributed by atoms with van der Waals surface area (Å²) in [5.74, 6) is -2.00. The van der Waals surface area contributed by atoms with Crippen LogP contribution in [0.4, 0.5) is 10.1 Å². The Kier molecular flexibility index (Phi) is 5.75. The van der Waals surface area contributed by atoms with Crippen molar-refractivity contribution in [1.82, 2.24) is 4.98 Å². The van der Waals surface area contributed by atoms with Crippen LogP contribution in [0.5, 0.6) is 5.75 Å². The smallest absolute Gasteiger partial charge is 0.294 e. The number of nitrogens with zero attached hydrogens (tertiary/aromatic N) is 2. The molecule has 0 fully saturated rings. The molecule has 0 aliphatic carbocycles. The fraction of sp³-hybridized carbons (Fsp3) is 0.174. The Bertz CT molecular complexity index is 1270. The van der Waals surface area contributed by atoms with Crippen LogP contribution in [-0.2, 0) is 4.79 Å². The maximum Gasteiger partial charge on any atom is 0.294 e. The zero-order chi connectivity index (χ0) is 23.2. The van der Waals surface area contributed by atoms with Gasteiger partial charge in [-0.15, -0.1) is 11.3 Å². The van der Waals surface area contributed by atoms with Crippen molar-refractivity contribution in [2.24, 2.45) is 0 Å². The maximum atomic E-state index is 13.8. The minimum atomic E-state index is -0.954. The summed E-state index contributed by atoms with van der Waals surface area (Å²) in [7, 11) is 1.52. The summed E-state index contributed by atoms with van der Waals surface area (Å²) in [6, 6.07) is 9.61. The largest absolute Gasteiger partial charge is 0.503 e. The molecule has 1 unspecified atom stereocenters. The molecule has 1 N–H and O–H groups in total. The molecular formula is C23H18ClFN2O4S. The van der Waals surface area contributed by atoms with E-state index in [4.69, 9.17) is 16.3 Å². The van der Waals surface area contributed by atoms with Crippen LogP contribution in [0.3, 0.4) is 0 Å². The predicted octanol–water partition coefficient (Wildman–Crippen LogP) is 5.34. The highest BCUT2D eigenvalue weighted by molar-refractivity contribution is 7.14. The third-order valence-corrected chi connectivity index (χ3v) is 6.54. The molecule has 3 aromatic rings. The molecular weight excluding hydrogens is 455 g/mol. The Labute approximate surface area is 192 Å². The highest BCUT2D eigenvalue weighted by atomic mass is 35.5. The summed E-state index contributed by atoms with van der Waals surface area (Å²) < 4.78 is 19.0. The number of rotatable bonds is 5. The molecule has 6 nitrogen and oxygen atoms in total. The molecule has 1 aliphatic rings.